The van der Waals surface area contributed by atoms with E-state index in [-0.39, 0.29) is 12.4 Å². The summed E-state index contributed by atoms with van der Waals surface area (Å²) in [4.78, 5) is 25.9. The number of carbonyl (C=O) groups is 2. The van der Waals surface area contributed by atoms with Crippen LogP contribution in [0.15, 0.2) is 4.52 Å². The van der Waals surface area contributed by atoms with Crippen LogP contribution in [0.3, 0.4) is 0 Å². The SMILES string of the molecule is CC[C@@H](NC(=O)NCc1nc(C)no1)C(=O)O. The predicted molar refractivity (Wildman–Crippen MR) is 56.1 cm³/mol. The number of amides is 2. The van der Waals surface area contributed by atoms with Gasteiger partial charge in [-0.25, -0.2) is 9.59 Å². The number of nitrogens with one attached hydrogen (secondary N) is 2. The third-order valence-electron chi connectivity index (χ3n) is 1.98. The summed E-state index contributed by atoms with van der Waals surface area (Å²) in [5.74, 6) is -0.337. The first kappa shape index (κ1) is 12.9. The van der Waals surface area contributed by atoms with Gasteiger partial charge in [0.25, 0.3) is 0 Å². The fraction of sp³-hybridized carbons (Fsp3) is 0.556. The maximum atomic E-state index is 11.3. The van der Waals surface area contributed by atoms with E-state index in [0.29, 0.717) is 12.2 Å². The fourth-order valence-electron chi connectivity index (χ4n) is 1.12. The summed E-state index contributed by atoms with van der Waals surface area (Å²) in [5, 5.41) is 17.0. The summed E-state index contributed by atoms with van der Waals surface area (Å²) in [7, 11) is 0. The van der Waals surface area contributed by atoms with E-state index in [1.165, 1.54) is 0 Å². The molecule has 3 N–H and O–H groups in total. The van der Waals surface area contributed by atoms with Crippen molar-refractivity contribution < 1.29 is 19.2 Å². The van der Waals surface area contributed by atoms with E-state index in [4.69, 9.17) is 9.63 Å². The largest absolute Gasteiger partial charge is 0.480 e. The highest BCUT2D eigenvalue weighted by atomic mass is 16.5. The molecule has 1 heterocycles. The van der Waals surface area contributed by atoms with Crippen LogP contribution in [-0.2, 0) is 11.3 Å². The minimum absolute atomic E-state index is 0.0583. The maximum absolute atomic E-state index is 11.3. The average molecular weight is 242 g/mol. The number of carboxylic acids is 1. The normalized spacial score (nSPS) is 11.9. The zero-order valence-electron chi connectivity index (χ0n) is 9.56. The lowest BCUT2D eigenvalue weighted by Gasteiger charge is -2.12. The molecule has 1 rings (SSSR count). The van der Waals surface area contributed by atoms with Gasteiger partial charge in [-0.2, -0.15) is 4.98 Å². The van der Waals surface area contributed by atoms with Crippen molar-refractivity contribution in [1.29, 1.82) is 0 Å². The van der Waals surface area contributed by atoms with Gasteiger partial charge in [-0.3, -0.25) is 0 Å². The van der Waals surface area contributed by atoms with Gasteiger partial charge in [0.05, 0.1) is 6.54 Å². The number of urea groups is 1. The molecule has 0 radical (unpaired) electrons. The zero-order chi connectivity index (χ0) is 12.8. The second-order valence-corrected chi connectivity index (χ2v) is 3.36. The van der Waals surface area contributed by atoms with E-state index in [1.807, 2.05) is 0 Å². The number of hydrogen-bond donors (Lipinski definition) is 3. The highest BCUT2D eigenvalue weighted by Crippen LogP contribution is 1.95. The molecule has 0 aliphatic rings. The Labute approximate surface area is 97.4 Å². The van der Waals surface area contributed by atoms with Crippen LogP contribution >= 0.6 is 0 Å². The van der Waals surface area contributed by atoms with Crippen LogP contribution < -0.4 is 10.6 Å². The first-order valence-electron chi connectivity index (χ1n) is 5.09. The predicted octanol–water partition coefficient (Wildman–Crippen LogP) is 0.0404. The topological polar surface area (TPSA) is 117 Å². The summed E-state index contributed by atoms with van der Waals surface area (Å²) in [6, 6.07) is -1.49. The molecule has 0 saturated carbocycles. The molecular weight excluding hydrogens is 228 g/mol. The molecule has 0 aromatic carbocycles. The molecule has 1 aromatic rings. The maximum Gasteiger partial charge on any atom is 0.326 e. The Bertz CT molecular complexity index is 403. The third kappa shape index (κ3) is 4.09. The van der Waals surface area contributed by atoms with E-state index in [2.05, 4.69) is 20.8 Å². The molecule has 0 aliphatic carbocycles. The number of aromatic nitrogens is 2. The molecule has 17 heavy (non-hydrogen) atoms. The fourth-order valence-corrected chi connectivity index (χ4v) is 1.12. The van der Waals surface area contributed by atoms with Crippen LogP contribution in [0.2, 0.25) is 0 Å². The van der Waals surface area contributed by atoms with Crippen LogP contribution in [-0.4, -0.2) is 33.3 Å². The quantitative estimate of drug-likeness (QED) is 0.671. The standard InChI is InChI=1S/C9H14N4O4/c1-3-6(8(14)15)12-9(16)10-4-7-11-5(2)13-17-7/h6H,3-4H2,1-2H3,(H,14,15)(H2,10,12,16)/t6-/m1/s1. The molecule has 0 saturated heterocycles. The summed E-state index contributed by atoms with van der Waals surface area (Å²) in [6.45, 7) is 3.38. The Morgan fingerprint density at radius 2 is 2.24 bits per heavy atom. The van der Waals surface area contributed by atoms with Gasteiger partial charge in [-0.15, -0.1) is 0 Å². The van der Waals surface area contributed by atoms with E-state index < -0.39 is 18.0 Å². The lowest BCUT2D eigenvalue weighted by Crippen LogP contribution is -2.45. The van der Waals surface area contributed by atoms with Crippen molar-refractivity contribution in [1.82, 2.24) is 20.8 Å². The van der Waals surface area contributed by atoms with Crippen molar-refractivity contribution in [3.05, 3.63) is 11.7 Å². The van der Waals surface area contributed by atoms with Crippen LogP contribution in [0.5, 0.6) is 0 Å². The molecule has 1 atom stereocenters. The number of carboxylic acid groups (broad SMARTS) is 1. The molecule has 1 aromatic heterocycles. The van der Waals surface area contributed by atoms with Gasteiger partial charge in [0, 0.05) is 0 Å². The Morgan fingerprint density at radius 3 is 2.71 bits per heavy atom. The van der Waals surface area contributed by atoms with E-state index in [9.17, 15) is 9.59 Å². The van der Waals surface area contributed by atoms with Crippen molar-refractivity contribution in [3.63, 3.8) is 0 Å². The zero-order valence-corrected chi connectivity index (χ0v) is 9.56. The number of rotatable bonds is 5. The summed E-state index contributed by atoms with van der Waals surface area (Å²) in [6.07, 6.45) is 0.308. The summed E-state index contributed by atoms with van der Waals surface area (Å²) < 4.78 is 4.77. The molecule has 0 aliphatic heterocycles. The van der Waals surface area contributed by atoms with Gasteiger partial charge < -0.3 is 20.3 Å². The van der Waals surface area contributed by atoms with Crippen molar-refractivity contribution in [2.45, 2.75) is 32.9 Å². The first-order valence-corrected chi connectivity index (χ1v) is 5.09. The van der Waals surface area contributed by atoms with Gasteiger partial charge in [0.15, 0.2) is 5.82 Å². The molecule has 0 unspecified atom stereocenters. The monoisotopic (exact) mass is 242 g/mol. The van der Waals surface area contributed by atoms with Crippen LogP contribution in [0.4, 0.5) is 4.79 Å². The Morgan fingerprint density at radius 1 is 1.53 bits per heavy atom. The highest BCUT2D eigenvalue weighted by Gasteiger charge is 2.17. The molecular formula is C9H14N4O4. The Kier molecular flexibility index (Phi) is 4.44. The second-order valence-electron chi connectivity index (χ2n) is 3.36. The molecule has 8 nitrogen and oxygen atoms in total. The number of nitrogens with zero attached hydrogens (tertiary/aromatic N) is 2. The van der Waals surface area contributed by atoms with Gasteiger partial charge in [-0.05, 0) is 13.3 Å². The van der Waals surface area contributed by atoms with Crippen LogP contribution in [0, 0.1) is 6.92 Å². The van der Waals surface area contributed by atoms with E-state index in [0.717, 1.165) is 0 Å². The van der Waals surface area contributed by atoms with Crippen LogP contribution in [0.1, 0.15) is 25.1 Å². The van der Waals surface area contributed by atoms with E-state index in [1.54, 1.807) is 13.8 Å². The number of aliphatic carboxylic acids is 1. The molecule has 94 valence electrons. The van der Waals surface area contributed by atoms with E-state index >= 15 is 0 Å². The van der Waals surface area contributed by atoms with Crippen molar-refractivity contribution in [3.8, 4) is 0 Å². The Hall–Kier alpha value is -2.12. The first-order chi connectivity index (χ1) is 8.02. The van der Waals surface area contributed by atoms with Crippen molar-refractivity contribution >= 4 is 12.0 Å². The minimum Gasteiger partial charge on any atom is -0.480 e. The molecule has 2 amide bonds. The highest BCUT2D eigenvalue weighted by molar-refractivity contribution is 5.82. The Balaban J connectivity index is 2.37. The number of carbonyl (C=O) groups excluding carboxylic acids is 1. The average Bonchev–Trinajstić information content (AvgIpc) is 2.68. The summed E-state index contributed by atoms with van der Waals surface area (Å²) >= 11 is 0. The van der Waals surface area contributed by atoms with Gasteiger partial charge in [0.1, 0.15) is 6.04 Å². The van der Waals surface area contributed by atoms with Gasteiger partial charge >= 0.3 is 12.0 Å². The van der Waals surface area contributed by atoms with Crippen LogP contribution in [0.25, 0.3) is 0 Å². The second kappa shape index (κ2) is 5.83. The third-order valence-corrected chi connectivity index (χ3v) is 1.98. The summed E-state index contributed by atoms with van der Waals surface area (Å²) in [5.41, 5.74) is 0. The van der Waals surface area contributed by atoms with Crippen molar-refractivity contribution in [2.24, 2.45) is 0 Å². The van der Waals surface area contributed by atoms with Gasteiger partial charge in [-0.1, -0.05) is 12.1 Å². The number of hydrogen-bond acceptors (Lipinski definition) is 5. The molecule has 0 fully saturated rings. The number of aryl methyl sites for hydroxylation is 1. The molecule has 0 bridgehead atoms. The smallest absolute Gasteiger partial charge is 0.326 e. The lowest BCUT2D eigenvalue weighted by atomic mass is 10.2. The molecule has 8 heteroatoms. The molecule has 0 spiro atoms. The minimum atomic E-state index is -1.07. The van der Waals surface area contributed by atoms with Gasteiger partial charge in [0.2, 0.25) is 5.89 Å². The lowest BCUT2D eigenvalue weighted by molar-refractivity contribution is -0.139. The van der Waals surface area contributed by atoms with Crippen molar-refractivity contribution in [2.75, 3.05) is 0 Å².